The molecule has 1 aromatic carbocycles. The number of Topliss-reactive ketones (excluding diaryl/α,β-unsaturated/α-hetero) is 1. The maximum atomic E-state index is 12.0. The van der Waals surface area contributed by atoms with Gasteiger partial charge in [-0.2, -0.15) is 0 Å². The molecule has 0 aliphatic carbocycles. The van der Waals surface area contributed by atoms with Gasteiger partial charge in [0.1, 0.15) is 11.6 Å². The highest BCUT2D eigenvalue weighted by Gasteiger charge is 2.24. The zero-order chi connectivity index (χ0) is 17.6. The van der Waals surface area contributed by atoms with E-state index in [0.717, 1.165) is 0 Å². The lowest BCUT2D eigenvalue weighted by molar-refractivity contribution is -0.139. The Morgan fingerprint density at radius 2 is 1.78 bits per heavy atom. The average molecular weight is 342 g/mol. The third-order valence-corrected chi connectivity index (χ3v) is 3.07. The van der Waals surface area contributed by atoms with E-state index in [1.54, 1.807) is 45.0 Å². The van der Waals surface area contributed by atoms with Gasteiger partial charge in [0.05, 0.1) is 0 Å². The van der Waals surface area contributed by atoms with Crippen LogP contribution in [0.5, 0.6) is 0 Å². The van der Waals surface area contributed by atoms with Crippen LogP contribution in [0.4, 0.5) is 4.79 Å². The molecule has 126 valence electrons. The molecule has 7 heteroatoms. The van der Waals surface area contributed by atoms with Crippen molar-refractivity contribution in [1.29, 1.82) is 0 Å². The first-order valence-electron chi connectivity index (χ1n) is 7.09. The van der Waals surface area contributed by atoms with Crippen molar-refractivity contribution in [2.75, 3.05) is 0 Å². The zero-order valence-electron chi connectivity index (χ0n) is 13.3. The van der Waals surface area contributed by atoms with Crippen molar-refractivity contribution in [3.63, 3.8) is 0 Å². The predicted octanol–water partition coefficient (Wildman–Crippen LogP) is 3.28. The predicted molar refractivity (Wildman–Crippen MR) is 85.8 cm³/mol. The van der Waals surface area contributed by atoms with Crippen LogP contribution in [0.25, 0.3) is 0 Å². The lowest BCUT2D eigenvalue weighted by atomic mass is 10.0. The number of ketones is 1. The van der Waals surface area contributed by atoms with Gasteiger partial charge >= 0.3 is 12.1 Å². The van der Waals surface area contributed by atoms with Gasteiger partial charge in [0.2, 0.25) is 0 Å². The number of carbonyl (C=O) groups excluding carboxylic acids is 2. The topological polar surface area (TPSA) is 92.7 Å². The summed E-state index contributed by atoms with van der Waals surface area (Å²) in [5.41, 5.74) is -0.289. The molecule has 0 spiro atoms. The van der Waals surface area contributed by atoms with Crippen LogP contribution in [0, 0.1) is 0 Å². The minimum atomic E-state index is -1.22. The van der Waals surface area contributed by atoms with E-state index in [1.165, 1.54) is 0 Å². The van der Waals surface area contributed by atoms with Crippen molar-refractivity contribution in [2.45, 2.75) is 45.3 Å². The van der Waals surface area contributed by atoms with Crippen molar-refractivity contribution < 1.29 is 24.2 Å². The molecule has 2 N–H and O–H groups in total. The van der Waals surface area contributed by atoms with Crippen LogP contribution in [0.1, 0.15) is 44.0 Å². The molecule has 1 atom stereocenters. The molecule has 23 heavy (non-hydrogen) atoms. The maximum absolute atomic E-state index is 12.0. The smallest absolute Gasteiger partial charge is 0.408 e. The van der Waals surface area contributed by atoms with E-state index >= 15 is 0 Å². The molecule has 0 fully saturated rings. The number of ether oxygens (including phenoxy) is 1. The van der Waals surface area contributed by atoms with E-state index in [4.69, 9.17) is 21.4 Å². The van der Waals surface area contributed by atoms with Crippen molar-refractivity contribution in [2.24, 2.45) is 0 Å². The number of hydrogen-bond donors (Lipinski definition) is 2. The first kappa shape index (κ1) is 19.0. The van der Waals surface area contributed by atoms with Gasteiger partial charge in [0.25, 0.3) is 0 Å². The van der Waals surface area contributed by atoms with E-state index in [9.17, 15) is 14.4 Å². The molecule has 1 amide bonds. The summed E-state index contributed by atoms with van der Waals surface area (Å²) in [6, 6.07) is 5.12. The summed E-state index contributed by atoms with van der Waals surface area (Å²) in [7, 11) is 0. The molecule has 1 rings (SSSR count). The molecule has 0 aromatic heterocycles. The number of benzene rings is 1. The second kappa shape index (κ2) is 7.97. The van der Waals surface area contributed by atoms with E-state index < -0.39 is 23.7 Å². The Labute approximate surface area is 139 Å². The third-order valence-electron chi connectivity index (χ3n) is 2.82. The highest BCUT2D eigenvalue weighted by Crippen LogP contribution is 2.13. The molecule has 0 radical (unpaired) electrons. The van der Waals surface area contributed by atoms with Gasteiger partial charge in [-0.15, -0.1) is 0 Å². The number of alkyl carbamates (subject to hydrolysis) is 1. The Kier molecular flexibility index (Phi) is 6.57. The fraction of sp³-hybridized carbons (Fsp3) is 0.438. The molecule has 0 saturated heterocycles. The Morgan fingerprint density at radius 3 is 2.26 bits per heavy atom. The normalized spacial score (nSPS) is 12.3. The van der Waals surface area contributed by atoms with E-state index in [1.807, 2.05) is 0 Å². The van der Waals surface area contributed by atoms with Gasteiger partial charge in [-0.1, -0.05) is 11.6 Å². The number of amides is 1. The standard InChI is InChI=1S/C16H20ClNO5/c1-16(2,3)23-15(22)18-12(14(20)21)8-9-13(19)10-4-6-11(17)7-5-10/h4-7,12H,8-9H2,1-3H3,(H,18,22)(H,20,21). The van der Waals surface area contributed by atoms with Crippen LogP contribution < -0.4 is 5.32 Å². The number of hydrogen-bond acceptors (Lipinski definition) is 4. The third kappa shape index (κ3) is 7.15. The monoisotopic (exact) mass is 341 g/mol. The number of rotatable bonds is 6. The Hall–Kier alpha value is -2.08. The highest BCUT2D eigenvalue weighted by molar-refractivity contribution is 6.30. The van der Waals surface area contributed by atoms with Gasteiger partial charge < -0.3 is 15.2 Å². The van der Waals surface area contributed by atoms with Crippen LogP contribution in [-0.2, 0) is 9.53 Å². The number of nitrogens with one attached hydrogen (secondary N) is 1. The number of carboxylic acids is 1. The lowest BCUT2D eigenvalue weighted by Gasteiger charge is -2.21. The van der Waals surface area contributed by atoms with Crippen LogP contribution in [0.15, 0.2) is 24.3 Å². The zero-order valence-corrected chi connectivity index (χ0v) is 14.0. The summed E-state index contributed by atoms with van der Waals surface area (Å²) < 4.78 is 5.01. The first-order valence-corrected chi connectivity index (χ1v) is 7.47. The fourth-order valence-corrected chi connectivity index (χ4v) is 1.89. The van der Waals surface area contributed by atoms with Gasteiger partial charge in [-0.05, 0) is 51.5 Å². The Bertz CT molecular complexity index is 577. The molecule has 0 saturated carbocycles. The highest BCUT2D eigenvalue weighted by atomic mass is 35.5. The molecule has 0 aliphatic rings. The second-order valence-corrected chi connectivity index (χ2v) is 6.44. The van der Waals surface area contributed by atoms with Crippen LogP contribution in [0.3, 0.4) is 0 Å². The summed E-state index contributed by atoms with van der Waals surface area (Å²) in [6.45, 7) is 5.02. The quantitative estimate of drug-likeness (QED) is 0.774. The molecule has 6 nitrogen and oxygen atoms in total. The summed E-state index contributed by atoms with van der Waals surface area (Å²) in [4.78, 5) is 34.8. The SMILES string of the molecule is CC(C)(C)OC(=O)NC(CCC(=O)c1ccc(Cl)cc1)C(=O)O. The molecular formula is C16H20ClNO5. The summed E-state index contributed by atoms with van der Waals surface area (Å²) in [6.07, 6.45) is -0.881. The van der Waals surface area contributed by atoms with Crippen molar-refractivity contribution in [1.82, 2.24) is 5.32 Å². The number of carboxylic acid groups (broad SMARTS) is 1. The van der Waals surface area contributed by atoms with Crippen molar-refractivity contribution in [3.8, 4) is 0 Å². The van der Waals surface area contributed by atoms with Crippen LogP contribution >= 0.6 is 11.6 Å². The molecule has 0 bridgehead atoms. The summed E-state index contributed by atoms with van der Waals surface area (Å²) in [5, 5.41) is 11.9. The number of halogens is 1. The van der Waals surface area contributed by atoms with Crippen molar-refractivity contribution >= 4 is 29.4 Å². The van der Waals surface area contributed by atoms with E-state index in [2.05, 4.69) is 5.32 Å². The van der Waals surface area contributed by atoms with E-state index in [0.29, 0.717) is 10.6 Å². The number of carbonyl (C=O) groups is 3. The first-order chi connectivity index (χ1) is 10.6. The van der Waals surface area contributed by atoms with Gasteiger partial charge in [0.15, 0.2) is 5.78 Å². The minimum absolute atomic E-state index is 0.0194. The second-order valence-electron chi connectivity index (χ2n) is 6.01. The number of aliphatic carboxylic acids is 1. The molecule has 0 heterocycles. The van der Waals surface area contributed by atoms with E-state index in [-0.39, 0.29) is 18.6 Å². The summed E-state index contributed by atoms with van der Waals surface area (Å²) >= 11 is 5.75. The summed E-state index contributed by atoms with van der Waals surface area (Å²) in [5.74, 6) is -1.45. The maximum Gasteiger partial charge on any atom is 0.408 e. The average Bonchev–Trinajstić information content (AvgIpc) is 2.41. The Morgan fingerprint density at radius 1 is 1.22 bits per heavy atom. The molecule has 0 aliphatic heterocycles. The lowest BCUT2D eigenvalue weighted by Crippen LogP contribution is -2.43. The minimum Gasteiger partial charge on any atom is -0.480 e. The molecule has 1 unspecified atom stereocenters. The van der Waals surface area contributed by atoms with Gasteiger partial charge in [0, 0.05) is 17.0 Å². The van der Waals surface area contributed by atoms with Crippen LogP contribution in [-0.4, -0.2) is 34.6 Å². The largest absolute Gasteiger partial charge is 0.480 e. The van der Waals surface area contributed by atoms with Gasteiger partial charge in [-0.3, -0.25) is 4.79 Å². The van der Waals surface area contributed by atoms with Crippen LogP contribution in [0.2, 0.25) is 5.02 Å². The fourth-order valence-electron chi connectivity index (χ4n) is 1.76. The molecule has 1 aromatic rings. The van der Waals surface area contributed by atoms with Crippen molar-refractivity contribution in [3.05, 3.63) is 34.9 Å². The molecular weight excluding hydrogens is 322 g/mol. The Balaban J connectivity index is 2.59. The van der Waals surface area contributed by atoms with Gasteiger partial charge in [-0.25, -0.2) is 9.59 Å².